The molecular weight excluding hydrogens is 426 g/mol. The minimum absolute atomic E-state index is 0.140. The van der Waals surface area contributed by atoms with Gasteiger partial charge in [-0.15, -0.1) is 0 Å². The van der Waals surface area contributed by atoms with Crippen molar-refractivity contribution in [2.75, 3.05) is 20.2 Å². The normalized spacial score (nSPS) is 21.5. The van der Waals surface area contributed by atoms with Crippen molar-refractivity contribution < 1.29 is 23.9 Å². The summed E-state index contributed by atoms with van der Waals surface area (Å²) in [6.45, 7) is 0.971. The van der Waals surface area contributed by atoms with Gasteiger partial charge in [-0.1, -0.05) is 6.07 Å². The summed E-state index contributed by atoms with van der Waals surface area (Å²) in [6, 6.07) is 5.53. The van der Waals surface area contributed by atoms with Crippen LogP contribution in [-0.2, 0) is 14.4 Å². The number of hydrogen-bond donors (Lipinski definition) is 4. The van der Waals surface area contributed by atoms with Gasteiger partial charge in [-0.05, 0) is 50.3 Å². The lowest BCUT2D eigenvalue weighted by Gasteiger charge is -2.35. The lowest BCUT2D eigenvalue weighted by molar-refractivity contribution is -0.132. The highest BCUT2D eigenvalue weighted by Gasteiger charge is 2.36. The molecule has 1 aromatic carbocycles. The molecule has 1 aromatic heterocycles. The van der Waals surface area contributed by atoms with Crippen LogP contribution >= 0.6 is 0 Å². The average Bonchev–Trinajstić information content (AvgIpc) is 3.43. The van der Waals surface area contributed by atoms with Gasteiger partial charge in [0, 0.05) is 29.9 Å². The number of nitrogens with zero attached hydrogens (tertiary/aromatic N) is 1. The highest BCUT2D eigenvalue weighted by atomic mass is 16.5. The fourth-order valence-electron chi connectivity index (χ4n) is 4.69. The number of aromatic nitrogens is 1. The topological polar surface area (TPSA) is 147 Å². The Kier molecular flexibility index (Phi) is 6.52. The van der Waals surface area contributed by atoms with Crippen molar-refractivity contribution in [2.45, 2.75) is 44.2 Å². The molecule has 5 N–H and O–H groups in total. The summed E-state index contributed by atoms with van der Waals surface area (Å²) in [5, 5.41) is 6.20. The maximum Gasteiger partial charge on any atom is 0.270 e. The number of piperidine rings is 1. The monoisotopic (exact) mass is 455 g/mol. The summed E-state index contributed by atoms with van der Waals surface area (Å²) < 4.78 is 5.37. The maximum absolute atomic E-state index is 13.4. The van der Waals surface area contributed by atoms with Crippen LogP contribution in [0.1, 0.15) is 42.6 Å². The van der Waals surface area contributed by atoms with Gasteiger partial charge in [-0.2, -0.15) is 0 Å². The molecule has 0 unspecified atom stereocenters. The van der Waals surface area contributed by atoms with Crippen molar-refractivity contribution in [2.24, 2.45) is 11.7 Å². The Bertz CT molecular complexity index is 1080. The quantitative estimate of drug-likeness (QED) is 0.485. The molecule has 33 heavy (non-hydrogen) atoms. The number of aromatic amines is 1. The smallest absolute Gasteiger partial charge is 0.270 e. The van der Waals surface area contributed by atoms with Gasteiger partial charge >= 0.3 is 0 Å². The lowest BCUT2D eigenvalue weighted by Crippen LogP contribution is -2.56. The molecule has 2 aliphatic rings. The molecule has 3 atom stereocenters. The molecule has 4 rings (SSSR count). The van der Waals surface area contributed by atoms with Gasteiger partial charge in [-0.25, -0.2) is 0 Å². The number of benzene rings is 1. The third kappa shape index (κ3) is 4.64. The van der Waals surface area contributed by atoms with Crippen LogP contribution in [0.3, 0.4) is 0 Å². The van der Waals surface area contributed by atoms with E-state index in [0.717, 1.165) is 23.7 Å². The molecule has 0 aliphatic carbocycles. The van der Waals surface area contributed by atoms with Crippen LogP contribution in [0.2, 0.25) is 0 Å². The molecular formula is C23H29N5O5. The van der Waals surface area contributed by atoms with Crippen molar-refractivity contribution >= 4 is 34.5 Å². The number of primary amides is 1. The van der Waals surface area contributed by atoms with Crippen LogP contribution in [0.4, 0.5) is 0 Å². The summed E-state index contributed by atoms with van der Waals surface area (Å²) in [5.74, 6) is -1.28. The molecule has 2 saturated heterocycles. The van der Waals surface area contributed by atoms with Gasteiger partial charge in [0.15, 0.2) is 0 Å². The molecule has 2 aromatic rings. The van der Waals surface area contributed by atoms with Crippen LogP contribution in [0.25, 0.3) is 10.9 Å². The van der Waals surface area contributed by atoms with Crippen LogP contribution in [0.15, 0.2) is 24.3 Å². The summed E-state index contributed by atoms with van der Waals surface area (Å²) in [7, 11) is 1.57. The molecule has 10 nitrogen and oxygen atoms in total. The number of H-pyrrole nitrogens is 1. The number of carbonyl (C=O) groups excluding carboxylic acids is 4. The zero-order valence-electron chi connectivity index (χ0n) is 18.6. The number of methoxy groups -OCH3 is 1. The summed E-state index contributed by atoms with van der Waals surface area (Å²) in [6.07, 6.45) is 2.79. The number of fused-ring (bicyclic) bond motifs is 1. The predicted octanol–water partition coefficient (Wildman–Crippen LogP) is 0.668. The van der Waals surface area contributed by atoms with Gasteiger partial charge in [0.05, 0.1) is 7.11 Å². The lowest BCUT2D eigenvalue weighted by atomic mass is 9.96. The average molecular weight is 456 g/mol. The molecule has 2 fully saturated rings. The molecule has 0 radical (unpaired) electrons. The van der Waals surface area contributed by atoms with E-state index in [1.807, 2.05) is 18.2 Å². The van der Waals surface area contributed by atoms with E-state index in [9.17, 15) is 19.2 Å². The van der Waals surface area contributed by atoms with Crippen molar-refractivity contribution in [1.29, 1.82) is 0 Å². The van der Waals surface area contributed by atoms with E-state index in [1.165, 1.54) is 4.90 Å². The van der Waals surface area contributed by atoms with Crippen molar-refractivity contribution in [3.8, 4) is 5.75 Å². The van der Waals surface area contributed by atoms with Crippen molar-refractivity contribution in [1.82, 2.24) is 20.5 Å². The Hall–Kier alpha value is -3.56. The van der Waals surface area contributed by atoms with Gasteiger partial charge in [-0.3, -0.25) is 19.2 Å². The van der Waals surface area contributed by atoms with E-state index in [4.69, 9.17) is 10.5 Å². The first-order chi connectivity index (χ1) is 15.9. The fraction of sp³-hybridized carbons (Fsp3) is 0.478. The van der Waals surface area contributed by atoms with Crippen LogP contribution in [-0.4, -0.2) is 65.8 Å². The third-order valence-electron chi connectivity index (χ3n) is 6.48. The molecule has 2 aliphatic heterocycles. The Labute approximate surface area is 191 Å². The largest absolute Gasteiger partial charge is 0.496 e. The summed E-state index contributed by atoms with van der Waals surface area (Å²) in [4.78, 5) is 55.0. The molecule has 3 heterocycles. The Morgan fingerprint density at radius 3 is 2.79 bits per heavy atom. The first kappa shape index (κ1) is 22.6. The number of nitrogens with two attached hydrogens (primary N) is 1. The number of carbonyl (C=O) groups is 4. The van der Waals surface area contributed by atoms with Crippen molar-refractivity contribution in [3.05, 3.63) is 30.0 Å². The van der Waals surface area contributed by atoms with Gasteiger partial charge in [0.25, 0.3) is 5.91 Å². The van der Waals surface area contributed by atoms with E-state index in [-0.39, 0.29) is 24.2 Å². The maximum atomic E-state index is 13.4. The number of ether oxygens (including phenoxy) is 1. The molecule has 176 valence electrons. The molecule has 10 heteroatoms. The van der Waals surface area contributed by atoms with Gasteiger partial charge in [0.2, 0.25) is 17.7 Å². The van der Waals surface area contributed by atoms with Crippen molar-refractivity contribution in [3.63, 3.8) is 0 Å². The van der Waals surface area contributed by atoms with E-state index in [2.05, 4.69) is 15.6 Å². The number of rotatable bonds is 7. The van der Waals surface area contributed by atoms with Crippen LogP contribution < -0.4 is 21.1 Å². The number of amides is 4. The first-order valence-electron chi connectivity index (χ1n) is 11.2. The highest BCUT2D eigenvalue weighted by molar-refractivity contribution is 6.02. The van der Waals surface area contributed by atoms with E-state index >= 15 is 0 Å². The van der Waals surface area contributed by atoms with Crippen LogP contribution in [0.5, 0.6) is 5.75 Å². The minimum atomic E-state index is -0.970. The van der Waals surface area contributed by atoms with Crippen LogP contribution in [0, 0.1) is 5.92 Å². The number of likely N-dealkylation sites (tertiary alicyclic amines) is 1. The first-order valence-corrected chi connectivity index (χ1v) is 11.2. The fourth-order valence-corrected chi connectivity index (χ4v) is 4.69. The van der Waals surface area contributed by atoms with E-state index in [1.54, 1.807) is 13.2 Å². The second-order valence-electron chi connectivity index (χ2n) is 8.59. The zero-order valence-corrected chi connectivity index (χ0v) is 18.6. The standard InChI is InChI=1S/C23H29N5O5/c1-33-19-7-4-5-15-14(19)12-17(26-15)23(32)28-10-3-2-6-18(28)22(31)27-16(20(24)29)11-13-8-9-25-21(13)30/h4-5,7,12-13,16,18,26H,2-3,6,8-11H2,1H3,(H2,24,29)(H,25,30)(H,27,31)/t13-,16-,18-/m0/s1. The van der Waals surface area contributed by atoms with E-state index in [0.29, 0.717) is 37.4 Å². The van der Waals surface area contributed by atoms with Gasteiger partial charge in [0.1, 0.15) is 23.5 Å². The SMILES string of the molecule is COc1cccc2[nH]c(C(=O)N3CCCC[C@H]3C(=O)N[C@@H](C[C@@H]3CCNC3=O)C(N)=O)cc12. The predicted molar refractivity (Wildman–Crippen MR) is 120 cm³/mol. The molecule has 0 saturated carbocycles. The molecule has 0 spiro atoms. The third-order valence-corrected chi connectivity index (χ3v) is 6.48. The number of hydrogen-bond acceptors (Lipinski definition) is 5. The molecule has 4 amide bonds. The Balaban J connectivity index is 1.51. The highest BCUT2D eigenvalue weighted by Crippen LogP contribution is 2.28. The Morgan fingerprint density at radius 2 is 2.09 bits per heavy atom. The Morgan fingerprint density at radius 1 is 1.27 bits per heavy atom. The van der Waals surface area contributed by atoms with Gasteiger partial charge < -0.3 is 31.0 Å². The zero-order chi connectivity index (χ0) is 23.5. The number of nitrogens with one attached hydrogen (secondary N) is 3. The summed E-state index contributed by atoms with van der Waals surface area (Å²) in [5.41, 5.74) is 6.64. The van der Waals surface area contributed by atoms with E-state index < -0.39 is 23.9 Å². The second-order valence-corrected chi connectivity index (χ2v) is 8.59. The molecule has 0 bridgehead atoms. The second kappa shape index (κ2) is 9.51. The summed E-state index contributed by atoms with van der Waals surface area (Å²) >= 11 is 0. The minimum Gasteiger partial charge on any atom is -0.496 e.